The number of nitrogens with one attached hydrogen (secondary N) is 3. The predicted molar refractivity (Wildman–Crippen MR) is 125 cm³/mol. The average molecular weight is 441 g/mol. The van der Waals surface area contributed by atoms with Crippen LogP contribution < -0.4 is 25.3 Å². The maximum Gasteiger partial charge on any atom is 0.228 e. The van der Waals surface area contributed by atoms with Gasteiger partial charge >= 0.3 is 0 Å². The average Bonchev–Trinajstić information content (AvgIpc) is 2.75. The van der Waals surface area contributed by atoms with Gasteiger partial charge in [-0.25, -0.2) is 0 Å². The second kappa shape index (κ2) is 11.2. The van der Waals surface area contributed by atoms with Gasteiger partial charge in [0.1, 0.15) is 6.61 Å². The van der Waals surface area contributed by atoms with Crippen LogP contribution >= 0.6 is 23.8 Å². The van der Waals surface area contributed by atoms with E-state index in [9.17, 15) is 0 Å². The highest BCUT2D eigenvalue weighted by Crippen LogP contribution is 2.29. The van der Waals surface area contributed by atoms with Crippen molar-refractivity contribution in [2.45, 2.75) is 13.5 Å². The van der Waals surface area contributed by atoms with E-state index in [1.807, 2.05) is 79.7 Å². The second-order valence-corrected chi connectivity index (χ2v) is 7.07. The third-order valence-corrected chi connectivity index (χ3v) is 4.64. The van der Waals surface area contributed by atoms with Gasteiger partial charge in [0.25, 0.3) is 0 Å². The van der Waals surface area contributed by atoms with Crippen LogP contribution in [0.4, 0.5) is 5.69 Å². The van der Waals surface area contributed by atoms with Crippen LogP contribution in [-0.2, 0) is 6.61 Å². The molecule has 0 aromatic heterocycles. The molecule has 0 unspecified atom stereocenters. The molecule has 30 heavy (non-hydrogen) atoms. The van der Waals surface area contributed by atoms with Crippen molar-refractivity contribution in [3.05, 3.63) is 88.9 Å². The van der Waals surface area contributed by atoms with Crippen molar-refractivity contribution < 1.29 is 14.6 Å². The van der Waals surface area contributed by atoms with E-state index in [0.717, 1.165) is 16.8 Å². The van der Waals surface area contributed by atoms with Gasteiger partial charge in [-0.05, 0) is 55.5 Å². The Labute approximate surface area is 186 Å². The number of anilines is 1. The summed E-state index contributed by atoms with van der Waals surface area (Å²) in [6, 6.07) is 23.0. The molecule has 3 N–H and O–H groups in total. The predicted octanol–water partition coefficient (Wildman–Crippen LogP) is 3.72. The molecule has 0 aliphatic heterocycles. The summed E-state index contributed by atoms with van der Waals surface area (Å²) < 4.78 is 11.7. The van der Waals surface area contributed by atoms with E-state index in [1.165, 1.54) is 0 Å². The van der Waals surface area contributed by atoms with Crippen molar-refractivity contribution in [2.24, 2.45) is 0 Å². The molecule has 0 saturated heterocycles. The van der Waals surface area contributed by atoms with Gasteiger partial charge in [-0.2, -0.15) is 0 Å². The maximum absolute atomic E-state index is 6.20. The minimum Gasteiger partial charge on any atom is -0.490 e. The first-order chi connectivity index (χ1) is 14.7. The third kappa shape index (κ3) is 6.47. The number of hydrazone groups is 1. The maximum atomic E-state index is 6.20. The monoisotopic (exact) mass is 440 g/mol. The largest absolute Gasteiger partial charge is 0.490 e. The van der Waals surface area contributed by atoms with Gasteiger partial charge in [0, 0.05) is 21.8 Å². The molecule has 0 fully saturated rings. The number of halogens is 1. The second-order valence-electron chi connectivity index (χ2n) is 6.25. The Bertz CT molecular complexity index is 1010. The molecule has 3 aromatic carbocycles. The lowest BCUT2D eigenvalue weighted by Gasteiger charge is -2.13. The smallest absolute Gasteiger partial charge is 0.228 e. The molecular weight excluding hydrogens is 418 g/mol. The molecule has 0 spiro atoms. The highest BCUT2D eigenvalue weighted by molar-refractivity contribution is 7.80. The molecule has 3 rings (SSSR count). The summed E-state index contributed by atoms with van der Waals surface area (Å²) in [5, 5.41) is 7.21. The Hall–Kier alpha value is -3.09. The van der Waals surface area contributed by atoms with Crippen LogP contribution in [0.15, 0.2) is 72.8 Å². The number of rotatable bonds is 8. The van der Waals surface area contributed by atoms with Gasteiger partial charge in [0.05, 0.1) is 6.61 Å². The van der Waals surface area contributed by atoms with Gasteiger partial charge in [-0.15, -0.1) is 10.5 Å². The molecule has 0 radical (unpaired) electrons. The fraction of sp³-hybridized carbons (Fsp3) is 0.130. The van der Waals surface area contributed by atoms with Gasteiger partial charge in [-0.3, -0.25) is 0 Å². The number of hydrazine groups is 1. The summed E-state index contributed by atoms with van der Waals surface area (Å²) in [6.07, 6.45) is 1.79. The van der Waals surface area contributed by atoms with E-state index in [4.69, 9.17) is 33.3 Å². The fourth-order valence-electron chi connectivity index (χ4n) is 2.64. The van der Waals surface area contributed by atoms with Gasteiger partial charge in [0.2, 0.25) is 5.11 Å². The number of para-hydroxylation sites is 1. The lowest BCUT2D eigenvalue weighted by atomic mass is 10.2. The summed E-state index contributed by atoms with van der Waals surface area (Å²) in [5.74, 6) is 1.31. The van der Waals surface area contributed by atoms with Crippen LogP contribution in [0.5, 0.6) is 11.5 Å². The van der Waals surface area contributed by atoms with E-state index in [-0.39, 0.29) is 0 Å². The number of hydrogen-bond acceptors (Lipinski definition) is 3. The molecule has 7 heteroatoms. The molecule has 0 aliphatic rings. The molecule has 0 saturated carbocycles. The van der Waals surface area contributed by atoms with Crippen LogP contribution in [0.1, 0.15) is 18.1 Å². The van der Waals surface area contributed by atoms with E-state index >= 15 is 0 Å². The van der Waals surface area contributed by atoms with E-state index in [2.05, 4.69) is 15.8 Å². The summed E-state index contributed by atoms with van der Waals surface area (Å²) >= 11 is 11.5. The molecular formula is C23H23ClN3O2S+. The first-order valence-corrected chi connectivity index (χ1v) is 10.3. The molecule has 5 nitrogen and oxygen atoms in total. The van der Waals surface area contributed by atoms with E-state index in [1.54, 1.807) is 6.21 Å². The zero-order valence-corrected chi connectivity index (χ0v) is 18.1. The van der Waals surface area contributed by atoms with Crippen LogP contribution in [0.2, 0.25) is 5.02 Å². The number of ether oxygens (including phenoxy) is 2. The Morgan fingerprint density at radius 3 is 2.53 bits per heavy atom. The molecule has 0 aliphatic carbocycles. The molecule has 0 amide bonds. The van der Waals surface area contributed by atoms with Gasteiger partial charge in [0.15, 0.2) is 17.7 Å². The molecule has 0 bridgehead atoms. The Morgan fingerprint density at radius 2 is 1.77 bits per heavy atom. The van der Waals surface area contributed by atoms with Crippen molar-refractivity contribution in [2.75, 3.05) is 11.9 Å². The summed E-state index contributed by atoms with van der Waals surface area (Å²) in [7, 11) is 0. The molecule has 3 aromatic rings. The third-order valence-electron chi connectivity index (χ3n) is 4.06. The molecule has 0 heterocycles. The lowest BCUT2D eigenvalue weighted by Crippen LogP contribution is -2.82. The Kier molecular flexibility index (Phi) is 8.06. The van der Waals surface area contributed by atoms with Gasteiger partial charge in [-0.1, -0.05) is 48.0 Å². The molecule has 0 atom stereocenters. The van der Waals surface area contributed by atoms with Crippen molar-refractivity contribution in [1.82, 2.24) is 5.43 Å². The SMILES string of the molecule is CCOc1cc(C=[NH+]NC(=S)Nc2ccccc2)ccc1OCc1ccccc1Cl. The number of thiocarbonyl (C=S) groups is 1. The van der Waals surface area contributed by atoms with Crippen LogP contribution in [-0.4, -0.2) is 17.9 Å². The minimum absolute atomic E-state index is 0.363. The summed E-state index contributed by atoms with van der Waals surface area (Å²) in [5.41, 5.74) is 5.66. The van der Waals surface area contributed by atoms with E-state index < -0.39 is 0 Å². The number of hydrogen-bond donors (Lipinski definition) is 3. The van der Waals surface area contributed by atoms with Crippen molar-refractivity contribution >= 4 is 40.8 Å². The topological polar surface area (TPSA) is 56.5 Å². The first-order valence-electron chi connectivity index (χ1n) is 9.49. The standard InChI is InChI=1S/C23H22ClN3O2S/c1-2-28-22-14-17(15-25-27-23(30)26-19-9-4-3-5-10-19)12-13-21(22)29-16-18-8-6-7-11-20(18)24/h3-15H,2,16H2,1H3,(H2,26,27,30)/p+1. The van der Waals surface area contributed by atoms with Crippen molar-refractivity contribution in [3.8, 4) is 11.5 Å². The van der Waals surface area contributed by atoms with Gasteiger partial charge < -0.3 is 14.8 Å². The zero-order chi connectivity index (χ0) is 21.2. The van der Waals surface area contributed by atoms with Crippen LogP contribution in [0, 0.1) is 0 Å². The Balaban J connectivity index is 1.61. The lowest BCUT2D eigenvalue weighted by molar-refractivity contribution is -0.499. The van der Waals surface area contributed by atoms with Crippen LogP contribution in [0.3, 0.4) is 0 Å². The quantitative estimate of drug-likeness (QED) is 0.283. The van der Waals surface area contributed by atoms with Crippen molar-refractivity contribution in [1.29, 1.82) is 0 Å². The van der Waals surface area contributed by atoms with Crippen molar-refractivity contribution in [3.63, 3.8) is 0 Å². The summed E-state index contributed by atoms with van der Waals surface area (Å²) in [4.78, 5) is 0. The Morgan fingerprint density at radius 1 is 1.00 bits per heavy atom. The highest BCUT2D eigenvalue weighted by atomic mass is 35.5. The molecule has 154 valence electrons. The first kappa shape index (κ1) is 21.6. The highest BCUT2D eigenvalue weighted by Gasteiger charge is 2.09. The normalized spacial score (nSPS) is 10.6. The zero-order valence-electron chi connectivity index (χ0n) is 16.5. The fourth-order valence-corrected chi connectivity index (χ4v) is 3.01. The minimum atomic E-state index is 0.363. The van der Waals surface area contributed by atoms with E-state index in [0.29, 0.717) is 34.8 Å². The number of benzene rings is 3. The summed E-state index contributed by atoms with van der Waals surface area (Å²) in [6.45, 7) is 2.83. The van der Waals surface area contributed by atoms with Crippen LogP contribution in [0.25, 0.3) is 0 Å².